The predicted molar refractivity (Wildman–Crippen MR) is 149 cm³/mol. The van der Waals surface area contributed by atoms with Gasteiger partial charge in [0.25, 0.3) is 5.69 Å². The minimum Gasteiger partial charge on any atom is -0.433 e. The zero-order valence-electron chi connectivity index (χ0n) is 22.2. The number of rotatable bonds is 10. The number of benzene rings is 1. The van der Waals surface area contributed by atoms with Gasteiger partial charge in [0.05, 0.1) is 22.0 Å². The third-order valence-corrected chi connectivity index (χ3v) is 6.71. The molecule has 0 atom stereocenters. The molecule has 14 heteroatoms. The lowest BCUT2D eigenvalue weighted by Gasteiger charge is -2.23. The van der Waals surface area contributed by atoms with E-state index in [1.165, 1.54) is 12.3 Å². The van der Waals surface area contributed by atoms with Crippen LogP contribution in [-0.4, -0.2) is 72.2 Å². The van der Waals surface area contributed by atoms with E-state index in [0.717, 1.165) is 22.1 Å². The maximum Gasteiger partial charge on any atom is 0.387 e. The van der Waals surface area contributed by atoms with E-state index in [4.69, 9.17) is 4.74 Å². The molecule has 0 bridgehead atoms. The smallest absolute Gasteiger partial charge is 0.387 e. The third kappa shape index (κ3) is 6.33. The zero-order chi connectivity index (χ0) is 28.5. The third-order valence-electron chi connectivity index (χ3n) is 6.27. The molecule has 1 N–H and O–H groups in total. The number of hydrogen-bond donors (Lipinski definition) is 1. The molecule has 208 valence electrons. The van der Waals surface area contributed by atoms with Crippen molar-refractivity contribution >= 4 is 50.4 Å². The fraction of sp³-hybridized carbons (Fsp3) is 0.400. The Hall–Kier alpha value is -3.65. The molecule has 0 aliphatic carbocycles. The number of pyridine rings is 1. The number of nitrogens with zero attached hydrogens (tertiary/aromatic N) is 7. The van der Waals surface area contributed by atoms with Crippen LogP contribution in [0, 0.1) is 10.1 Å². The first kappa shape index (κ1) is 28.4. The van der Waals surface area contributed by atoms with Crippen molar-refractivity contribution in [2.75, 3.05) is 55.9 Å². The van der Waals surface area contributed by atoms with Crippen LogP contribution in [0.25, 0.3) is 0 Å². The number of hydrogen-bond acceptors (Lipinski definition) is 10. The van der Waals surface area contributed by atoms with E-state index in [9.17, 15) is 18.9 Å². The number of halogens is 3. The molecule has 0 saturated carbocycles. The quantitative estimate of drug-likeness (QED) is 0.185. The van der Waals surface area contributed by atoms with Crippen LogP contribution in [0.5, 0.6) is 5.75 Å². The average molecular weight is 607 g/mol. The monoisotopic (exact) mass is 606 g/mol. The molecule has 0 fully saturated rings. The first-order valence-corrected chi connectivity index (χ1v) is 12.8. The highest BCUT2D eigenvalue weighted by atomic mass is 79.9. The summed E-state index contributed by atoms with van der Waals surface area (Å²) >= 11 is 3.43. The Kier molecular flexibility index (Phi) is 8.16. The SMILES string of the molecule is CN(C)CCN(C)c1cc(OC(F)F)c(Nc2nccc(N3CC(C)(C)c4nc(Br)ccc43)n2)cc1[N+](=O)[O-]. The highest BCUT2D eigenvalue weighted by Gasteiger charge is 2.38. The molecule has 0 radical (unpaired) electrons. The predicted octanol–water partition coefficient (Wildman–Crippen LogP) is 5.31. The lowest BCUT2D eigenvalue weighted by atomic mass is 9.91. The van der Waals surface area contributed by atoms with E-state index in [0.29, 0.717) is 25.5 Å². The van der Waals surface area contributed by atoms with Gasteiger partial charge in [-0.25, -0.2) is 9.97 Å². The van der Waals surface area contributed by atoms with E-state index in [1.807, 2.05) is 36.0 Å². The molecule has 0 unspecified atom stereocenters. The molecule has 3 heterocycles. The maximum absolute atomic E-state index is 13.3. The van der Waals surface area contributed by atoms with Crippen LogP contribution in [0.3, 0.4) is 0 Å². The number of nitrogens with one attached hydrogen (secondary N) is 1. The molecular formula is C25H29BrF2N8O3. The number of ether oxygens (including phenoxy) is 1. The minimum absolute atomic E-state index is 0.0586. The first-order valence-electron chi connectivity index (χ1n) is 12.0. The number of alkyl halides is 2. The number of nitro benzene ring substituents is 1. The van der Waals surface area contributed by atoms with Gasteiger partial charge in [-0.15, -0.1) is 0 Å². The fourth-order valence-corrected chi connectivity index (χ4v) is 4.66. The number of nitro groups is 1. The van der Waals surface area contributed by atoms with Crippen LogP contribution in [0.4, 0.5) is 43.3 Å². The number of aromatic nitrogens is 3. The molecule has 2 aromatic heterocycles. The highest BCUT2D eigenvalue weighted by molar-refractivity contribution is 9.10. The van der Waals surface area contributed by atoms with Crippen molar-refractivity contribution < 1.29 is 18.4 Å². The Bertz CT molecular complexity index is 1380. The lowest BCUT2D eigenvalue weighted by molar-refractivity contribution is -0.384. The van der Waals surface area contributed by atoms with Gasteiger partial charge in [-0.1, -0.05) is 13.8 Å². The molecule has 0 spiro atoms. The van der Waals surface area contributed by atoms with Crippen LogP contribution in [-0.2, 0) is 5.41 Å². The Balaban J connectivity index is 1.70. The molecular weight excluding hydrogens is 578 g/mol. The Morgan fingerprint density at radius 2 is 1.95 bits per heavy atom. The van der Waals surface area contributed by atoms with Gasteiger partial charge in [-0.2, -0.15) is 13.8 Å². The van der Waals surface area contributed by atoms with Crippen LogP contribution in [0.1, 0.15) is 19.5 Å². The van der Waals surface area contributed by atoms with Crippen LogP contribution in [0.2, 0.25) is 0 Å². The van der Waals surface area contributed by atoms with Crippen molar-refractivity contribution in [1.29, 1.82) is 0 Å². The van der Waals surface area contributed by atoms with Crippen molar-refractivity contribution in [1.82, 2.24) is 19.9 Å². The second kappa shape index (κ2) is 11.2. The highest BCUT2D eigenvalue weighted by Crippen LogP contribution is 2.44. The van der Waals surface area contributed by atoms with Crippen LogP contribution < -0.4 is 19.9 Å². The van der Waals surface area contributed by atoms with Crippen molar-refractivity contribution in [3.05, 3.63) is 56.9 Å². The van der Waals surface area contributed by atoms with Crippen molar-refractivity contribution in [2.24, 2.45) is 0 Å². The number of anilines is 5. The summed E-state index contributed by atoms with van der Waals surface area (Å²) in [6, 6.07) is 7.90. The largest absolute Gasteiger partial charge is 0.433 e. The molecule has 39 heavy (non-hydrogen) atoms. The van der Waals surface area contributed by atoms with Gasteiger partial charge in [0.1, 0.15) is 16.1 Å². The minimum atomic E-state index is -3.14. The Labute approximate surface area is 233 Å². The van der Waals surface area contributed by atoms with Gasteiger partial charge in [0, 0.05) is 50.4 Å². The fourth-order valence-electron chi connectivity index (χ4n) is 4.36. The topological polar surface area (TPSA) is 113 Å². The van der Waals surface area contributed by atoms with Crippen LogP contribution >= 0.6 is 15.9 Å². The first-order chi connectivity index (χ1) is 18.4. The van der Waals surface area contributed by atoms with Gasteiger partial charge in [-0.05, 0) is 48.2 Å². The summed E-state index contributed by atoms with van der Waals surface area (Å²) in [6.45, 7) is 2.64. The van der Waals surface area contributed by atoms with Crippen molar-refractivity contribution in [3.8, 4) is 5.75 Å². The Morgan fingerprint density at radius 3 is 2.62 bits per heavy atom. The molecule has 1 aliphatic rings. The molecule has 4 rings (SSSR count). The zero-order valence-corrected chi connectivity index (χ0v) is 23.7. The van der Waals surface area contributed by atoms with Crippen molar-refractivity contribution in [2.45, 2.75) is 25.9 Å². The van der Waals surface area contributed by atoms with E-state index in [1.54, 1.807) is 18.0 Å². The number of likely N-dealkylation sites (N-methyl/N-ethyl adjacent to an activating group) is 2. The maximum atomic E-state index is 13.3. The van der Waals surface area contributed by atoms with Gasteiger partial charge < -0.3 is 24.8 Å². The van der Waals surface area contributed by atoms with Gasteiger partial charge in [-0.3, -0.25) is 10.1 Å². The van der Waals surface area contributed by atoms with Gasteiger partial charge in [0.15, 0.2) is 5.75 Å². The van der Waals surface area contributed by atoms with E-state index in [-0.39, 0.29) is 34.2 Å². The second-order valence-electron chi connectivity index (χ2n) is 10.0. The van der Waals surface area contributed by atoms with E-state index >= 15 is 0 Å². The van der Waals surface area contributed by atoms with E-state index in [2.05, 4.69) is 50.0 Å². The summed E-state index contributed by atoms with van der Waals surface area (Å²) in [5, 5.41) is 14.8. The summed E-state index contributed by atoms with van der Waals surface area (Å²) in [5.74, 6) is 0.346. The molecule has 11 nitrogen and oxygen atoms in total. The molecule has 0 amide bonds. The average Bonchev–Trinajstić information content (AvgIpc) is 3.13. The second-order valence-corrected chi connectivity index (χ2v) is 10.8. The Morgan fingerprint density at radius 1 is 1.21 bits per heavy atom. The molecule has 1 aromatic carbocycles. The van der Waals surface area contributed by atoms with Gasteiger partial charge in [0.2, 0.25) is 5.95 Å². The summed E-state index contributed by atoms with van der Waals surface area (Å²) in [4.78, 5) is 30.3. The molecule has 0 saturated heterocycles. The van der Waals surface area contributed by atoms with Crippen LogP contribution in [0.15, 0.2) is 41.1 Å². The van der Waals surface area contributed by atoms with E-state index < -0.39 is 11.5 Å². The summed E-state index contributed by atoms with van der Waals surface area (Å²) in [6.07, 6.45) is 1.52. The number of fused-ring (bicyclic) bond motifs is 1. The van der Waals surface area contributed by atoms with Crippen molar-refractivity contribution in [3.63, 3.8) is 0 Å². The molecule has 3 aromatic rings. The molecule has 1 aliphatic heterocycles. The summed E-state index contributed by atoms with van der Waals surface area (Å²) < 4.78 is 32.2. The normalized spacial score (nSPS) is 14.1. The standard InChI is InChI=1S/C25H29BrF2N8O3/c1-25(2)14-35(16-6-7-20(26)31-22(16)25)21-8-9-29-24(32-21)30-15-12-18(36(37)38)17(13-19(15)39-23(27)28)34(5)11-10-33(3)4/h6-9,12-13,23H,10-11,14H2,1-5H3,(H,29,30,32). The summed E-state index contributed by atoms with van der Waals surface area (Å²) in [5.41, 5.74) is 1.34. The van der Waals surface area contributed by atoms with Gasteiger partial charge >= 0.3 is 6.61 Å². The lowest BCUT2D eigenvalue weighted by Crippen LogP contribution is -2.29. The summed E-state index contributed by atoms with van der Waals surface area (Å²) in [7, 11) is 5.39.